The Morgan fingerprint density at radius 1 is 1.56 bits per heavy atom. The summed E-state index contributed by atoms with van der Waals surface area (Å²) in [5, 5.41) is 9.99. The van der Waals surface area contributed by atoms with E-state index in [-0.39, 0.29) is 0 Å². The minimum atomic E-state index is -0.395. The Bertz CT molecular complexity index is 244. The average Bonchev–Trinajstić information content (AvgIpc) is 2.27. The van der Waals surface area contributed by atoms with Crippen molar-refractivity contribution in [3.8, 4) is 0 Å². The fourth-order valence-electron chi connectivity index (χ4n) is 2.48. The van der Waals surface area contributed by atoms with Crippen molar-refractivity contribution in [1.29, 1.82) is 0 Å². The molecule has 1 fully saturated rings. The van der Waals surface area contributed by atoms with Gasteiger partial charge in [-0.1, -0.05) is 0 Å². The van der Waals surface area contributed by atoms with E-state index in [1.54, 1.807) is 0 Å². The molecule has 16 heavy (non-hydrogen) atoms. The smallest absolute Gasteiger partial charge is 0.120 e. The summed E-state index contributed by atoms with van der Waals surface area (Å²) in [4.78, 5) is 0. The van der Waals surface area contributed by atoms with Crippen molar-refractivity contribution < 1.29 is 14.6 Å². The molecule has 1 saturated carbocycles. The van der Waals surface area contributed by atoms with Gasteiger partial charge in [0, 0.05) is 6.61 Å². The van der Waals surface area contributed by atoms with Crippen LogP contribution in [0.15, 0.2) is 11.8 Å². The van der Waals surface area contributed by atoms with E-state index in [1.807, 2.05) is 13.0 Å². The molecule has 1 aliphatic heterocycles. The number of hydrogen-bond donors (Lipinski definition) is 1. The summed E-state index contributed by atoms with van der Waals surface area (Å²) in [6.45, 7) is 3.59. The zero-order valence-corrected chi connectivity index (χ0v) is 10.0. The number of aliphatic hydroxyl groups excluding tert-OH is 1. The standard InChI is InChI=1S/C13H22O3/c1-2-15-11-7-10(8-11)9-12(14)13-5-3-4-6-16-13/h5,10-12,14H,2-4,6-9H2,1H3. The van der Waals surface area contributed by atoms with Crippen molar-refractivity contribution >= 4 is 0 Å². The first-order valence-electron chi connectivity index (χ1n) is 6.42. The van der Waals surface area contributed by atoms with Crippen LogP contribution >= 0.6 is 0 Å². The first kappa shape index (κ1) is 11.9. The van der Waals surface area contributed by atoms with E-state index in [9.17, 15) is 5.11 Å². The molecule has 0 amide bonds. The Hall–Kier alpha value is -0.540. The monoisotopic (exact) mass is 226 g/mol. The van der Waals surface area contributed by atoms with Gasteiger partial charge in [-0.2, -0.15) is 0 Å². The van der Waals surface area contributed by atoms with Gasteiger partial charge in [-0.25, -0.2) is 0 Å². The third kappa shape index (κ3) is 2.98. The van der Waals surface area contributed by atoms with E-state index in [0.29, 0.717) is 12.0 Å². The molecule has 92 valence electrons. The third-order valence-corrected chi connectivity index (χ3v) is 3.44. The minimum absolute atomic E-state index is 0.395. The summed E-state index contributed by atoms with van der Waals surface area (Å²) in [6.07, 6.45) is 7.21. The second kappa shape index (κ2) is 5.69. The zero-order chi connectivity index (χ0) is 11.4. The lowest BCUT2D eigenvalue weighted by Gasteiger charge is -2.36. The molecule has 0 bridgehead atoms. The van der Waals surface area contributed by atoms with Gasteiger partial charge in [0.15, 0.2) is 0 Å². The van der Waals surface area contributed by atoms with Crippen LogP contribution in [0.5, 0.6) is 0 Å². The van der Waals surface area contributed by atoms with Gasteiger partial charge in [-0.15, -0.1) is 0 Å². The molecule has 3 heteroatoms. The molecule has 1 atom stereocenters. The molecule has 1 heterocycles. The molecule has 2 aliphatic rings. The lowest BCUT2D eigenvalue weighted by Crippen LogP contribution is -2.34. The maximum absolute atomic E-state index is 9.99. The van der Waals surface area contributed by atoms with Gasteiger partial charge >= 0.3 is 0 Å². The van der Waals surface area contributed by atoms with Crippen LogP contribution in [0.3, 0.4) is 0 Å². The average molecular weight is 226 g/mol. The molecule has 0 saturated heterocycles. The molecule has 1 N–H and O–H groups in total. The Kier molecular flexibility index (Phi) is 4.24. The second-order valence-electron chi connectivity index (χ2n) is 4.76. The van der Waals surface area contributed by atoms with Crippen molar-refractivity contribution in [3.63, 3.8) is 0 Å². The van der Waals surface area contributed by atoms with Crippen LogP contribution in [0.4, 0.5) is 0 Å². The number of rotatable bonds is 5. The second-order valence-corrected chi connectivity index (χ2v) is 4.76. The lowest BCUT2D eigenvalue weighted by atomic mass is 9.78. The summed E-state index contributed by atoms with van der Waals surface area (Å²) >= 11 is 0. The number of aliphatic hydroxyl groups is 1. The molecule has 2 rings (SSSR count). The molecule has 0 spiro atoms. The van der Waals surface area contributed by atoms with E-state index in [2.05, 4.69) is 0 Å². The van der Waals surface area contributed by atoms with Gasteiger partial charge in [0.2, 0.25) is 0 Å². The molecule has 0 aromatic carbocycles. The maximum Gasteiger partial charge on any atom is 0.120 e. The van der Waals surface area contributed by atoms with Gasteiger partial charge in [0.05, 0.1) is 12.7 Å². The van der Waals surface area contributed by atoms with Crippen molar-refractivity contribution in [2.45, 2.75) is 51.2 Å². The van der Waals surface area contributed by atoms with Crippen LogP contribution in [-0.2, 0) is 9.47 Å². The lowest BCUT2D eigenvalue weighted by molar-refractivity contribution is -0.0397. The Labute approximate surface area is 97.4 Å². The molecule has 0 aromatic heterocycles. The van der Waals surface area contributed by atoms with E-state index in [1.165, 1.54) is 0 Å². The topological polar surface area (TPSA) is 38.7 Å². The van der Waals surface area contributed by atoms with Crippen molar-refractivity contribution in [1.82, 2.24) is 0 Å². The summed E-state index contributed by atoms with van der Waals surface area (Å²) in [7, 11) is 0. The molecule has 1 unspecified atom stereocenters. The highest BCUT2D eigenvalue weighted by molar-refractivity contribution is 5.03. The molecular weight excluding hydrogens is 204 g/mol. The summed E-state index contributed by atoms with van der Waals surface area (Å²) < 4.78 is 11.0. The number of allylic oxidation sites excluding steroid dienone is 1. The Morgan fingerprint density at radius 3 is 3.00 bits per heavy atom. The van der Waals surface area contributed by atoms with Crippen LogP contribution < -0.4 is 0 Å². The van der Waals surface area contributed by atoms with Crippen LogP contribution in [-0.4, -0.2) is 30.5 Å². The fraction of sp³-hybridized carbons (Fsp3) is 0.846. The summed E-state index contributed by atoms with van der Waals surface area (Å²) in [6, 6.07) is 0. The summed E-state index contributed by atoms with van der Waals surface area (Å²) in [5.74, 6) is 1.41. The van der Waals surface area contributed by atoms with Crippen molar-refractivity contribution in [3.05, 3.63) is 11.8 Å². The first-order chi connectivity index (χ1) is 7.79. The predicted octanol–water partition coefficient (Wildman–Crippen LogP) is 2.25. The highest BCUT2D eigenvalue weighted by Crippen LogP contribution is 2.35. The van der Waals surface area contributed by atoms with Crippen molar-refractivity contribution in [2.75, 3.05) is 13.2 Å². The van der Waals surface area contributed by atoms with Crippen molar-refractivity contribution in [2.24, 2.45) is 5.92 Å². The van der Waals surface area contributed by atoms with Crippen LogP contribution in [0.1, 0.15) is 39.0 Å². The van der Waals surface area contributed by atoms with Gasteiger partial charge in [-0.3, -0.25) is 0 Å². The molecule has 0 aromatic rings. The zero-order valence-electron chi connectivity index (χ0n) is 10.0. The Morgan fingerprint density at radius 2 is 2.38 bits per heavy atom. The maximum atomic E-state index is 9.99. The van der Waals surface area contributed by atoms with E-state index in [0.717, 1.165) is 51.1 Å². The first-order valence-corrected chi connectivity index (χ1v) is 6.42. The van der Waals surface area contributed by atoms with Crippen LogP contribution in [0.2, 0.25) is 0 Å². The highest BCUT2D eigenvalue weighted by atomic mass is 16.5. The van der Waals surface area contributed by atoms with E-state index in [4.69, 9.17) is 9.47 Å². The van der Waals surface area contributed by atoms with E-state index >= 15 is 0 Å². The minimum Gasteiger partial charge on any atom is -0.496 e. The van der Waals surface area contributed by atoms with Crippen LogP contribution in [0, 0.1) is 5.92 Å². The van der Waals surface area contributed by atoms with Crippen LogP contribution in [0.25, 0.3) is 0 Å². The molecular formula is C13H22O3. The largest absolute Gasteiger partial charge is 0.496 e. The predicted molar refractivity (Wildman–Crippen MR) is 62.0 cm³/mol. The summed E-state index contributed by atoms with van der Waals surface area (Å²) in [5.41, 5.74) is 0. The quantitative estimate of drug-likeness (QED) is 0.781. The number of ether oxygens (including phenoxy) is 2. The van der Waals surface area contributed by atoms with Gasteiger partial charge in [0.25, 0.3) is 0 Å². The Balaban J connectivity index is 1.68. The van der Waals surface area contributed by atoms with Gasteiger partial charge in [0.1, 0.15) is 11.9 Å². The fourth-order valence-corrected chi connectivity index (χ4v) is 2.48. The highest BCUT2D eigenvalue weighted by Gasteiger charge is 2.32. The number of hydrogen-bond acceptors (Lipinski definition) is 3. The molecule has 0 radical (unpaired) electrons. The normalized spacial score (nSPS) is 31.2. The van der Waals surface area contributed by atoms with Gasteiger partial charge in [-0.05, 0) is 51.0 Å². The third-order valence-electron chi connectivity index (χ3n) is 3.44. The van der Waals surface area contributed by atoms with E-state index < -0.39 is 6.10 Å². The molecule has 3 nitrogen and oxygen atoms in total. The molecule has 1 aliphatic carbocycles. The SMILES string of the molecule is CCOC1CC(CC(O)C2=CCCCO2)C1. The van der Waals surface area contributed by atoms with Gasteiger partial charge < -0.3 is 14.6 Å².